The molecule has 1 aliphatic carbocycles. The molecular formula is C18H25N5O2. The molecule has 0 atom stereocenters. The Balaban J connectivity index is 1.35. The smallest absolute Gasteiger partial charge is 0.237 e. The number of hydrogen-bond donors (Lipinski definition) is 0. The molecule has 0 radical (unpaired) electrons. The van der Waals surface area contributed by atoms with Gasteiger partial charge in [0.15, 0.2) is 0 Å². The normalized spacial score (nSPS) is 24.3. The van der Waals surface area contributed by atoms with Crippen molar-refractivity contribution in [1.82, 2.24) is 19.8 Å². The van der Waals surface area contributed by atoms with Crippen LogP contribution < -0.4 is 4.90 Å². The van der Waals surface area contributed by atoms with E-state index in [0.717, 1.165) is 57.8 Å². The van der Waals surface area contributed by atoms with Crippen LogP contribution in [0.1, 0.15) is 38.5 Å². The average Bonchev–Trinajstić information content (AvgIpc) is 2.88. The molecule has 1 aromatic heterocycles. The van der Waals surface area contributed by atoms with E-state index < -0.39 is 0 Å². The fourth-order valence-electron chi connectivity index (χ4n) is 4.37. The van der Waals surface area contributed by atoms with Gasteiger partial charge < -0.3 is 4.90 Å². The van der Waals surface area contributed by atoms with Crippen molar-refractivity contribution in [2.45, 2.75) is 38.5 Å². The van der Waals surface area contributed by atoms with E-state index in [1.54, 1.807) is 12.4 Å². The number of likely N-dealkylation sites (tertiary alicyclic amines) is 1. The predicted molar refractivity (Wildman–Crippen MR) is 92.7 cm³/mol. The number of carbonyl (C=O) groups is 2. The Morgan fingerprint density at radius 3 is 2.32 bits per heavy atom. The number of rotatable bonds is 3. The summed E-state index contributed by atoms with van der Waals surface area (Å²) in [6.07, 6.45) is 9.02. The zero-order valence-electron chi connectivity index (χ0n) is 14.6. The minimum Gasteiger partial charge on any atom is -0.338 e. The molecule has 1 spiro atoms. The molecule has 0 N–H and O–H groups in total. The van der Waals surface area contributed by atoms with E-state index >= 15 is 0 Å². The van der Waals surface area contributed by atoms with Crippen molar-refractivity contribution in [3.8, 4) is 0 Å². The molecule has 0 aromatic carbocycles. The lowest BCUT2D eigenvalue weighted by Crippen LogP contribution is -2.52. The first-order valence-electron chi connectivity index (χ1n) is 9.27. The second kappa shape index (κ2) is 6.71. The third kappa shape index (κ3) is 3.13. The van der Waals surface area contributed by atoms with Gasteiger partial charge in [-0.1, -0.05) is 19.3 Å². The van der Waals surface area contributed by atoms with E-state index in [1.807, 2.05) is 6.07 Å². The summed E-state index contributed by atoms with van der Waals surface area (Å²) in [7, 11) is 0. The highest BCUT2D eigenvalue weighted by atomic mass is 16.2. The van der Waals surface area contributed by atoms with Crippen molar-refractivity contribution < 1.29 is 9.59 Å². The monoisotopic (exact) mass is 343 g/mol. The Kier molecular flexibility index (Phi) is 4.41. The first-order valence-corrected chi connectivity index (χ1v) is 9.27. The largest absolute Gasteiger partial charge is 0.338 e. The van der Waals surface area contributed by atoms with E-state index in [2.05, 4.69) is 19.8 Å². The number of piperazine rings is 1. The topological polar surface area (TPSA) is 69.6 Å². The molecule has 3 fully saturated rings. The van der Waals surface area contributed by atoms with Crippen LogP contribution in [0, 0.1) is 5.41 Å². The Morgan fingerprint density at radius 1 is 0.960 bits per heavy atom. The summed E-state index contributed by atoms with van der Waals surface area (Å²) in [6.45, 7) is 3.67. The maximum absolute atomic E-state index is 12.9. The zero-order chi connectivity index (χ0) is 17.3. The van der Waals surface area contributed by atoms with Gasteiger partial charge in [-0.15, -0.1) is 0 Å². The molecule has 0 unspecified atom stereocenters. The summed E-state index contributed by atoms with van der Waals surface area (Å²) in [5, 5.41) is 0. The van der Waals surface area contributed by atoms with Crippen molar-refractivity contribution in [2.75, 3.05) is 37.7 Å². The molecule has 134 valence electrons. The lowest BCUT2D eigenvalue weighted by atomic mass is 9.73. The second-order valence-corrected chi connectivity index (χ2v) is 7.44. The lowest BCUT2D eigenvalue weighted by molar-refractivity contribution is -0.144. The maximum Gasteiger partial charge on any atom is 0.237 e. The van der Waals surface area contributed by atoms with E-state index in [1.165, 1.54) is 11.3 Å². The number of imide groups is 1. The number of nitrogens with zero attached hydrogens (tertiary/aromatic N) is 5. The van der Waals surface area contributed by atoms with Crippen molar-refractivity contribution in [2.24, 2.45) is 5.41 Å². The third-order valence-electron chi connectivity index (χ3n) is 5.85. The van der Waals surface area contributed by atoms with Gasteiger partial charge in [0, 0.05) is 45.0 Å². The van der Waals surface area contributed by atoms with Crippen molar-refractivity contribution >= 4 is 17.8 Å². The Morgan fingerprint density at radius 2 is 1.64 bits per heavy atom. The van der Waals surface area contributed by atoms with Crippen molar-refractivity contribution in [1.29, 1.82) is 0 Å². The zero-order valence-corrected chi connectivity index (χ0v) is 14.6. The standard InChI is InChI=1S/C18H25N5O2/c24-15-13-18(5-2-1-3-6-18)16(25)23(15)14-21-9-11-22(12-10-21)17-19-7-4-8-20-17/h4,7-8H,1-3,5-6,9-14H2. The van der Waals surface area contributed by atoms with Gasteiger partial charge in [0.25, 0.3) is 0 Å². The molecule has 1 saturated carbocycles. The quantitative estimate of drug-likeness (QED) is 0.770. The van der Waals surface area contributed by atoms with Crippen LogP contribution >= 0.6 is 0 Å². The molecule has 7 heteroatoms. The number of aromatic nitrogens is 2. The lowest BCUT2D eigenvalue weighted by Gasteiger charge is -2.36. The summed E-state index contributed by atoms with van der Waals surface area (Å²) < 4.78 is 0. The van der Waals surface area contributed by atoms with Gasteiger partial charge in [-0.2, -0.15) is 0 Å². The van der Waals surface area contributed by atoms with Gasteiger partial charge in [-0.05, 0) is 18.9 Å². The van der Waals surface area contributed by atoms with E-state index in [-0.39, 0.29) is 17.2 Å². The highest BCUT2D eigenvalue weighted by Crippen LogP contribution is 2.45. The Bertz CT molecular complexity index is 636. The van der Waals surface area contributed by atoms with Crippen LogP contribution in [0.3, 0.4) is 0 Å². The molecule has 7 nitrogen and oxygen atoms in total. The number of carbonyl (C=O) groups excluding carboxylic acids is 2. The van der Waals surface area contributed by atoms with Crippen LogP contribution in [0.4, 0.5) is 5.95 Å². The fourth-order valence-corrected chi connectivity index (χ4v) is 4.37. The minimum atomic E-state index is -0.380. The van der Waals surface area contributed by atoms with E-state index in [9.17, 15) is 9.59 Å². The van der Waals surface area contributed by atoms with Crippen LogP contribution in [-0.2, 0) is 9.59 Å². The number of anilines is 1. The summed E-state index contributed by atoms with van der Waals surface area (Å²) >= 11 is 0. The first kappa shape index (κ1) is 16.4. The highest BCUT2D eigenvalue weighted by molar-refractivity contribution is 6.05. The molecule has 2 amide bonds. The highest BCUT2D eigenvalue weighted by Gasteiger charge is 2.51. The molecule has 0 bridgehead atoms. The van der Waals surface area contributed by atoms with Crippen LogP contribution in [0.5, 0.6) is 0 Å². The van der Waals surface area contributed by atoms with Gasteiger partial charge >= 0.3 is 0 Å². The van der Waals surface area contributed by atoms with E-state index in [0.29, 0.717) is 13.1 Å². The molecule has 4 rings (SSSR count). The van der Waals surface area contributed by atoms with Crippen LogP contribution in [0.25, 0.3) is 0 Å². The fraction of sp³-hybridized carbons (Fsp3) is 0.667. The summed E-state index contributed by atoms with van der Waals surface area (Å²) in [5.74, 6) is 0.836. The molecule has 3 aliphatic rings. The van der Waals surface area contributed by atoms with Crippen LogP contribution in [0.2, 0.25) is 0 Å². The van der Waals surface area contributed by atoms with Gasteiger partial charge in [0.2, 0.25) is 17.8 Å². The van der Waals surface area contributed by atoms with Gasteiger partial charge in [0.1, 0.15) is 0 Å². The van der Waals surface area contributed by atoms with Crippen LogP contribution in [-0.4, -0.2) is 64.4 Å². The van der Waals surface area contributed by atoms with Crippen molar-refractivity contribution in [3.05, 3.63) is 18.5 Å². The Labute approximate surface area is 148 Å². The molecular weight excluding hydrogens is 318 g/mol. The average molecular weight is 343 g/mol. The summed E-state index contributed by atoms with van der Waals surface area (Å²) in [5.41, 5.74) is -0.380. The molecule has 1 aromatic rings. The SMILES string of the molecule is O=C1CC2(CCCCC2)C(=O)N1CN1CCN(c2ncccn2)CC1. The van der Waals surface area contributed by atoms with Gasteiger partial charge in [-0.25, -0.2) is 9.97 Å². The summed E-state index contributed by atoms with van der Waals surface area (Å²) in [4.78, 5) is 39.8. The van der Waals surface area contributed by atoms with Gasteiger partial charge in [0.05, 0.1) is 12.1 Å². The summed E-state index contributed by atoms with van der Waals surface area (Å²) in [6, 6.07) is 1.81. The predicted octanol–water partition coefficient (Wildman–Crippen LogP) is 1.27. The van der Waals surface area contributed by atoms with E-state index in [4.69, 9.17) is 0 Å². The second-order valence-electron chi connectivity index (χ2n) is 7.44. The first-order chi connectivity index (χ1) is 12.2. The molecule has 25 heavy (non-hydrogen) atoms. The number of hydrogen-bond acceptors (Lipinski definition) is 6. The maximum atomic E-state index is 12.9. The third-order valence-corrected chi connectivity index (χ3v) is 5.85. The molecule has 2 aliphatic heterocycles. The molecule has 3 heterocycles. The van der Waals surface area contributed by atoms with Crippen molar-refractivity contribution in [3.63, 3.8) is 0 Å². The van der Waals surface area contributed by atoms with Crippen LogP contribution in [0.15, 0.2) is 18.5 Å². The molecule has 2 saturated heterocycles. The minimum absolute atomic E-state index is 0.0146. The number of amides is 2. The Hall–Kier alpha value is -2.02. The van der Waals surface area contributed by atoms with Gasteiger partial charge in [-0.3, -0.25) is 19.4 Å².